The number of nitrogens with one attached hydrogen (secondary N) is 1. The molecule has 2 atom stereocenters. The molecule has 1 aromatic carbocycles. The maximum Gasteiger partial charge on any atom is 0.230 e. The van der Waals surface area contributed by atoms with Crippen LogP contribution in [-0.4, -0.2) is 58.8 Å². The Balaban J connectivity index is 0.000000659. The summed E-state index contributed by atoms with van der Waals surface area (Å²) >= 11 is 9.53. The zero-order valence-electron chi connectivity index (χ0n) is 16.1. The topological polar surface area (TPSA) is 39.3 Å². The van der Waals surface area contributed by atoms with Crippen LogP contribution in [0, 0.1) is 5.92 Å². The number of amides is 1. The molecule has 0 radical (unpaired) electrons. The van der Waals surface area contributed by atoms with E-state index in [1.807, 2.05) is 4.90 Å². The van der Waals surface area contributed by atoms with Crippen LogP contribution < -0.4 is 0 Å². The monoisotopic (exact) mass is 407 g/mol. The molecule has 1 aliphatic carbocycles. The highest BCUT2D eigenvalue weighted by Crippen LogP contribution is 2.40. The van der Waals surface area contributed by atoms with Crippen LogP contribution in [0.25, 0.3) is 16.5 Å². The fraction of sp³-hybridized carbons (Fsp3) is 0.476. The first-order valence-electron chi connectivity index (χ1n) is 9.47. The lowest BCUT2D eigenvalue weighted by Crippen LogP contribution is -2.47. The molecular formula is C21H27Cl2N3O. The Morgan fingerprint density at radius 3 is 2.67 bits per heavy atom. The van der Waals surface area contributed by atoms with Crippen molar-refractivity contribution >= 4 is 45.6 Å². The van der Waals surface area contributed by atoms with Gasteiger partial charge in [-0.3, -0.25) is 9.69 Å². The van der Waals surface area contributed by atoms with E-state index in [0.717, 1.165) is 26.1 Å². The van der Waals surface area contributed by atoms with Crippen molar-refractivity contribution in [2.75, 3.05) is 32.0 Å². The van der Waals surface area contributed by atoms with Crippen LogP contribution in [0.2, 0.25) is 0 Å². The zero-order chi connectivity index (χ0) is 19.6. The maximum atomic E-state index is 12.9. The van der Waals surface area contributed by atoms with E-state index in [1.54, 1.807) is 0 Å². The molecule has 146 valence electrons. The molecular weight excluding hydrogens is 381 g/mol. The van der Waals surface area contributed by atoms with Gasteiger partial charge in [0.05, 0.1) is 11.3 Å². The molecule has 1 aliphatic heterocycles. The fourth-order valence-corrected chi connectivity index (χ4v) is 4.38. The van der Waals surface area contributed by atoms with Gasteiger partial charge >= 0.3 is 0 Å². The molecule has 27 heavy (non-hydrogen) atoms. The van der Waals surface area contributed by atoms with Crippen molar-refractivity contribution in [1.29, 1.82) is 0 Å². The number of nitrogens with zero attached hydrogens (tertiary/aromatic N) is 2. The second-order valence-electron chi connectivity index (χ2n) is 7.04. The molecule has 2 aliphatic rings. The highest BCUT2D eigenvalue weighted by atomic mass is 35.5. The Morgan fingerprint density at radius 2 is 2.00 bits per heavy atom. The fourth-order valence-electron chi connectivity index (χ4n) is 4.38. The van der Waals surface area contributed by atoms with Crippen LogP contribution in [-0.2, 0) is 11.2 Å². The molecule has 0 saturated carbocycles. The lowest BCUT2D eigenvalue weighted by molar-refractivity contribution is -0.134. The van der Waals surface area contributed by atoms with Gasteiger partial charge in [0, 0.05) is 42.8 Å². The summed E-state index contributed by atoms with van der Waals surface area (Å²) < 4.78 is 0. The van der Waals surface area contributed by atoms with Gasteiger partial charge in [-0.15, -0.1) is 23.2 Å². The lowest BCUT2D eigenvalue weighted by atomic mass is 9.79. The van der Waals surface area contributed by atoms with E-state index < -0.39 is 0 Å². The third-order valence-electron chi connectivity index (χ3n) is 5.66. The maximum absolute atomic E-state index is 12.9. The number of hydrogen-bond donors (Lipinski definition) is 1. The van der Waals surface area contributed by atoms with Gasteiger partial charge in [-0.25, -0.2) is 0 Å². The summed E-state index contributed by atoms with van der Waals surface area (Å²) in [5, 5.41) is 1.53. The van der Waals surface area contributed by atoms with Gasteiger partial charge in [0.2, 0.25) is 5.91 Å². The quantitative estimate of drug-likeness (QED) is 0.768. The van der Waals surface area contributed by atoms with Crippen molar-refractivity contribution in [1.82, 2.24) is 14.8 Å². The third-order valence-corrected chi connectivity index (χ3v) is 5.66. The highest BCUT2D eigenvalue weighted by molar-refractivity contribution is 6.40. The number of aromatic nitrogens is 1. The first-order valence-corrected chi connectivity index (χ1v) is 10.5. The minimum absolute atomic E-state index is 0.0445. The van der Waals surface area contributed by atoms with Crippen LogP contribution in [0.4, 0.5) is 0 Å². The minimum Gasteiger partial charge on any atom is -0.361 e. The number of aromatic amines is 1. The smallest absolute Gasteiger partial charge is 0.230 e. The van der Waals surface area contributed by atoms with Crippen molar-refractivity contribution in [3.8, 4) is 0 Å². The normalized spacial score (nSPS) is 21.1. The van der Waals surface area contributed by atoms with E-state index in [4.69, 9.17) is 23.2 Å². The molecule has 2 aromatic rings. The minimum atomic E-state index is -0.0445. The second kappa shape index (κ2) is 8.68. The zero-order valence-corrected chi connectivity index (χ0v) is 17.6. The molecule has 1 amide bonds. The molecule has 0 unspecified atom stereocenters. The molecule has 0 saturated heterocycles. The Kier molecular flexibility index (Phi) is 6.51. The largest absolute Gasteiger partial charge is 0.361 e. The summed E-state index contributed by atoms with van der Waals surface area (Å²) in [5.41, 5.74) is 5.21. The van der Waals surface area contributed by atoms with E-state index in [9.17, 15) is 4.79 Å². The van der Waals surface area contributed by atoms with Crippen LogP contribution in [0.5, 0.6) is 0 Å². The average Bonchev–Trinajstić information content (AvgIpc) is 3.08. The molecule has 0 fully saturated rings. The van der Waals surface area contributed by atoms with E-state index in [2.05, 4.69) is 61.3 Å². The summed E-state index contributed by atoms with van der Waals surface area (Å²) in [6.45, 7) is 6.47. The van der Waals surface area contributed by atoms with Crippen LogP contribution in [0.1, 0.15) is 25.0 Å². The molecule has 1 N–H and O–H groups in total. The number of H-pyrrole nitrogens is 1. The Hall–Kier alpha value is -1.49. The van der Waals surface area contributed by atoms with Crippen molar-refractivity contribution in [2.45, 2.75) is 26.3 Å². The van der Waals surface area contributed by atoms with E-state index in [0.29, 0.717) is 6.04 Å². The number of hydrogen-bond acceptors (Lipinski definition) is 2. The van der Waals surface area contributed by atoms with E-state index >= 15 is 0 Å². The highest BCUT2D eigenvalue weighted by Gasteiger charge is 2.36. The van der Waals surface area contributed by atoms with Gasteiger partial charge in [-0.05, 0) is 50.1 Å². The lowest BCUT2D eigenvalue weighted by Gasteiger charge is -2.40. The average molecular weight is 408 g/mol. The third kappa shape index (κ3) is 3.75. The first kappa shape index (κ1) is 20.2. The van der Waals surface area contributed by atoms with Gasteiger partial charge in [-0.1, -0.05) is 18.2 Å². The molecule has 2 heterocycles. The SMILES string of the molecule is CCN(CC)C(=O)[C@@H]1C=C2c3cccc4[nH]cc(c34)C[C@H]2N(C)C1.ClCCl. The summed E-state index contributed by atoms with van der Waals surface area (Å²) in [6.07, 6.45) is 5.41. The summed E-state index contributed by atoms with van der Waals surface area (Å²) in [6, 6.07) is 6.82. The Bertz CT molecular complexity index is 841. The van der Waals surface area contributed by atoms with Crippen molar-refractivity contribution < 1.29 is 4.79 Å². The second-order valence-corrected chi connectivity index (χ2v) is 7.85. The standard InChI is InChI=1S/C20H25N3O.CH2Cl2/c1-4-23(5-2)20(24)14-9-16-15-7-6-8-17-19(15)13(11-21-17)10-18(16)22(3)12-14;2-1-3/h6-9,11,14,18,21H,4-5,10,12H2,1-3H3;1H2/t14-,18-;/m1./s1. The van der Waals surface area contributed by atoms with Crippen molar-refractivity contribution in [3.63, 3.8) is 0 Å². The van der Waals surface area contributed by atoms with Crippen LogP contribution in [0.3, 0.4) is 0 Å². The molecule has 0 bridgehead atoms. The number of carbonyl (C=O) groups excluding carboxylic acids is 1. The number of benzene rings is 1. The molecule has 4 rings (SSSR count). The van der Waals surface area contributed by atoms with Crippen LogP contribution in [0.15, 0.2) is 30.5 Å². The first-order chi connectivity index (χ1) is 13.0. The Morgan fingerprint density at radius 1 is 1.30 bits per heavy atom. The predicted molar refractivity (Wildman–Crippen MR) is 114 cm³/mol. The van der Waals surface area contributed by atoms with Gasteiger partial charge in [0.25, 0.3) is 0 Å². The van der Waals surface area contributed by atoms with Crippen molar-refractivity contribution in [2.24, 2.45) is 5.92 Å². The van der Waals surface area contributed by atoms with Gasteiger partial charge < -0.3 is 9.88 Å². The number of rotatable bonds is 3. The summed E-state index contributed by atoms with van der Waals surface area (Å²) in [5.74, 6) is 0.210. The van der Waals surface area contributed by atoms with E-state index in [-0.39, 0.29) is 17.2 Å². The van der Waals surface area contributed by atoms with E-state index in [1.165, 1.54) is 27.6 Å². The molecule has 0 spiro atoms. The predicted octanol–water partition coefficient (Wildman–Crippen LogP) is 4.33. The molecule has 1 aromatic heterocycles. The number of fused-ring (bicyclic) bond motifs is 2. The summed E-state index contributed by atoms with van der Waals surface area (Å²) in [7, 11) is 2.15. The number of halogens is 2. The van der Waals surface area contributed by atoms with Crippen molar-refractivity contribution in [3.05, 3.63) is 41.6 Å². The Labute approximate surface area is 171 Å². The van der Waals surface area contributed by atoms with Gasteiger partial charge in [-0.2, -0.15) is 0 Å². The molecule has 4 nitrogen and oxygen atoms in total. The number of alkyl halides is 2. The van der Waals surface area contributed by atoms with Crippen LogP contribution >= 0.6 is 23.2 Å². The number of carbonyl (C=O) groups is 1. The van der Waals surface area contributed by atoms with Gasteiger partial charge in [0.1, 0.15) is 0 Å². The number of likely N-dealkylation sites (N-methyl/N-ethyl adjacent to an activating group) is 1. The molecule has 6 heteroatoms. The summed E-state index contributed by atoms with van der Waals surface area (Å²) in [4.78, 5) is 20.6. The van der Waals surface area contributed by atoms with Gasteiger partial charge in [0.15, 0.2) is 0 Å².